The number of ether oxygens (including phenoxy) is 1. The maximum Gasteiger partial charge on any atom is 0.343 e. The van der Waals surface area contributed by atoms with E-state index in [1.807, 2.05) is 19.1 Å². The third-order valence-electron chi connectivity index (χ3n) is 4.38. The van der Waals surface area contributed by atoms with Crippen molar-refractivity contribution in [2.75, 3.05) is 13.1 Å². The molecule has 0 spiro atoms. The second-order valence-electron chi connectivity index (χ2n) is 6.63. The van der Waals surface area contributed by atoms with E-state index < -0.39 is 5.97 Å². The van der Waals surface area contributed by atoms with Gasteiger partial charge in [-0.25, -0.2) is 4.79 Å². The molecule has 0 aliphatic heterocycles. The van der Waals surface area contributed by atoms with Crippen molar-refractivity contribution in [3.05, 3.63) is 65.2 Å². The maximum absolute atomic E-state index is 12.3. The zero-order valence-corrected chi connectivity index (χ0v) is 16.5. The highest BCUT2D eigenvalue weighted by molar-refractivity contribution is 5.94. The van der Waals surface area contributed by atoms with Gasteiger partial charge in [-0.05, 0) is 69.3 Å². The van der Waals surface area contributed by atoms with Crippen molar-refractivity contribution in [2.24, 2.45) is 0 Å². The van der Waals surface area contributed by atoms with Gasteiger partial charge in [0.05, 0.1) is 5.56 Å². The molecule has 1 N–H and O–H groups in total. The van der Waals surface area contributed by atoms with Crippen LogP contribution in [0, 0.1) is 0 Å². The molecule has 1 amide bonds. The SMILES string of the molecule is CCNC(=O)c1ccc(OC(=O)c2ccc(CN(CC)C(C)C)cc2)cc1. The lowest BCUT2D eigenvalue weighted by atomic mass is 10.1. The zero-order valence-electron chi connectivity index (χ0n) is 16.5. The topological polar surface area (TPSA) is 58.6 Å². The summed E-state index contributed by atoms with van der Waals surface area (Å²) in [6.07, 6.45) is 0. The Morgan fingerprint density at radius 1 is 0.963 bits per heavy atom. The molecule has 0 heterocycles. The third-order valence-corrected chi connectivity index (χ3v) is 4.38. The molecule has 0 atom stereocenters. The number of rotatable bonds is 8. The Balaban J connectivity index is 1.98. The molecule has 0 aliphatic carbocycles. The first-order chi connectivity index (χ1) is 12.9. The van der Waals surface area contributed by atoms with Gasteiger partial charge in [0.15, 0.2) is 0 Å². The maximum atomic E-state index is 12.3. The summed E-state index contributed by atoms with van der Waals surface area (Å²) < 4.78 is 5.39. The van der Waals surface area contributed by atoms with Gasteiger partial charge in [-0.15, -0.1) is 0 Å². The molecular weight excluding hydrogens is 340 g/mol. The van der Waals surface area contributed by atoms with Gasteiger partial charge in [0.2, 0.25) is 0 Å². The summed E-state index contributed by atoms with van der Waals surface area (Å²) in [6.45, 7) is 10.8. The minimum atomic E-state index is -0.413. The summed E-state index contributed by atoms with van der Waals surface area (Å²) in [4.78, 5) is 26.4. The molecule has 2 aromatic rings. The first kappa shape index (κ1) is 20.6. The van der Waals surface area contributed by atoms with Gasteiger partial charge in [0, 0.05) is 24.7 Å². The Labute approximate surface area is 161 Å². The van der Waals surface area contributed by atoms with Crippen LogP contribution in [0.15, 0.2) is 48.5 Å². The predicted octanol–water partition coefficient (Wildman–Crippen LogP) is 3.89. The highest BCUT2D eigenvalue weighted by Crippen LogP contribution is 2.16. The fourth-order valence-electron chi connectivity index (χ4n) is 2.74. The summed E-state index contributed by atoms with van der Waals surface area (Å²) in [5.74, 6) is -0.147. The Hall–Kier alpha value is -2.66. The molecule has 0 radical (unpaired) electrons. The number of amides is 1. The molecular formula is C22H28N2O3. The molecule has 0 unspecified atom stereocenters. The fraction of sp³-hybridized carbons (Fsp3) is 0.364. The van der Waals surface area contributed by atoms with Gasteiger partial charge in [0.25, 0.3) is 5.91 Å². The van der Waals surface area contributed by atoms with Crippen molar-refractivity contribution < 1.29 is 14.3 Å². The van der Waals surface area contributed by atoms with E-state index in [4.69, 9.17) is 4.74 Å². The van der Waals surface area contributed by atoms with Gasteiger partial charge in [0.1, 0.15) is 5.75 Å². The fourth-order valence-corrected chi connectivity index (χ4v) is 2.74. The second kappa shape index (κ2) is 9.88. The van der Waals surface area contributed by atoms with Crippen LogP contribution in [0.4, 0.5) is 0 Å². The van der Waals surface area contributed by atoms with Crippen molar-refractivity contribution in [3.8, 4) is 5.75 Å². The summed E-state index contributed by atoms with van der Waals surface area (Å²) >= 11 is 0. The Kier molecular flexibility index (Phi) is 7.55. The average Bonchev–Trinajstić information content (AvgIpc) is 2.67. The standard InChI is InChI=1S/C22H28N2O3/c1-5-23-21(25)18-11-13-20(14-12-18)27-22(26)19-9-7-17(8-10-19)15-24(6-2)16(3)4/h7-14,16H,5-6,15H2,1-4H3,(H,23,25). The van der Waals surface area contributed by atoms with Crippen molar-refractivity contribution in [1.29, 1.82) is 0 Å². The average molecular weight is 368 g/mol. The predicted molar refractivity (Wildman–Crippen MR) is 107 cm³/mol. The van der Waals surface area contributed by atoms with E-state index >= 15 is 0 Å². The molecule has 5 heteroatoms. The Morgan fingerprint density at radius 3 is 2.07 bits per heavy atom. The lowest BCUT2D eigenvalue weighted by Crippen LogP contribution is -2.29. The third kappa shape index (κ3) is 5.93. The van der Waals surface area contributed by atoms with Crippen molar-refractivity contribution in [3.63, 3.8) is 0 Å². The lowest BCUT2D eigenvalue weighted by molar-refractivity contribution is 0.0734. The number of esters is 1. The highest BCUT2D eigenvalue weighted by atomic mass is 16.5. The number of carbonyl (C=O) groups excluding carboxylic acids is 2. The van der Waals surface area contributed by atoms with Gasteiger partial charge in [-0.3, -0.25) is 9.69 Å². The molecule has 144 valence electrons. The van der Waals surface area contributed by atoms with Crippen LogP contribution in [0.2, 0.25) is 0 Å². The van der Waals surface area contributed by atoms with Crippen molar-refractivity contribution >= 4 is 11.9 Å². The molecule has 0 bridgehead atoms. The van der Waals surface area contributed by atoms with Crippen LogP contribution in [-0.4, -0.2) is 35.9 Å². The van der Waals surface area contributed by atoms with E-state index in [0.717, 1.165) is 18.7 Å². The summed E-state index contributed by atoms with van der Waals surface area (Å²) in [7, 11) is 0. The van der Waals surface area contributed by atoms with Crippen LogP contribution in [0.1, 0.15) is 54.0 Å². The Bertz CT molecular complexity index is 752. The largest absolute Gasteiger partial charge is 0.423 e. The molecule has 27 heavy (non-hydrogen) atoms. The minimum absolute atomic E-state index is 0.145. The van der Waals surface area contributed by atoms with Gasteiger partial charge in [-0.1, -0.05) is 19.1 Å². The van der Waals surface area contributed by atoms with Crippen LogP contribution >= 0.6 is 0 Å². The van der Waals surface area contributed by atoms with Crippen LogP contribution < -0.4 is 10.1 Å². The Morgan fingerprint density at radius 2 is 1.56 bits per heavy atom. The minimum Gasteiger partial charge on any atom is -0.423 e. The van der Waals surface area contributed by atoms with E-state index in [0.29, 0.717) is 29.5 Å². The van der Waals surface area contributed by atoms with E-state index in [9.17, 15) is 9.59 Å². The molecule has 0 saturated heterocycles. The number of benzene rings is 2. The van der Waals surface area contributed by atoms with E-state index in [-0.39, 0.29) is 5.91 Å². The number of hydrogen-bond acceptors (Lipinski definition) is 4. The van der Waals surface area contributed by atoms with E-state index in [2.05, 4.69) is 31.0 Å². The molecule has 2 rings (SSSR count). The molecule has 0 saturated carbocycles. The number of nitrogens with one attached hydrogen (secondary N) is 1. The second-order valence-corrected chi connectivity index (χ2v) is 6.63. The number of carbonyl (C=O) groups is 2. The molecule has 2 aromatic carbocycles. The molecule has 0 aliphatic rings. The van der Waals surface area contributed by atoms with Crippen LogP contribution in [-0.2, 0) is 6.54 Å². The normalized spacial score (nSPS) is 10.9. The van der Waals surface area contributed by atoms with Crippen molar-refractivity contribution in [1.82, 2.24) is 10.2 Å². The smallest absolute Gasteiger partial charge is 0.343 e. The van der Waals surface area contributed by atoms with Crippen LogP contribution in [0.25, 0.3) is 0 Å². The quantitative estimate of drug-likeness (QED) is 0.567. The van der Waals surface area contributed by atoms with Gasteiger partial charge >= 0.3 is 5.97 Å². The van der Waals surface area contributed by atoms with Crippen LogP contribution in [0.3, 0.4) is 0 Å². The first-order valence-electron chi connectivity index (χ1n) is 9.38. The molecule has 0 fully saturated rings. The highest BCUT2D eigenvalue weighted by Gasteiger charge is 2.12. The molecule has 0 aromatic heterocycles. The summed E-state index contributed by atoms with van der Waals surface area (Å²) in [5, 5.41) is 2.73. The number of hydrogen-bond donors (Lipinski definition) is 1. The van der Waals surface area contributed by atoms with Gasteiger partial charge in [-0.2, -0.15) is 0 Å². The lowest BCUT2D eigenvalue weighted by Gasteiger charge is -2.24. The van der Waals surface area contributed by atoms with E-state index in [1.54, 1.807) is 36.4 Å². The van der Waals surface area contributed by atoms with Gasteiger partial charge < -0.3 is 10.1 Å². The summed E-state index contributed by atoms with van der Waals surface area (Å²) in [6, 6.07) is 14.5. The van der Waals surface area contributed by atoms with Crippen LogP contribution in [0.5, 0.6) is 5.75 Å². The molecule has 5 nitrogen and oxygen atoms in total. The zero-order chi connectivity index (χ0) is 19.8. The van der Waals surface area contributed by atoms with E-state index in [1.165, 1.54) is 0 Å². The first-order valence-corrected chi connectivity index (χ1v) is 9.38. The number of nitrogens with zero attached hydrogens (tertiary/aromatic N) is 1. The van der Waals surface area contributed by atoms with Crippen molar-refractivity contribution in [2.45, 2.75) is 40.3 Å². The summed E-state index contributed by atoms with van der Waals surface area (Å²) in [5.41, 5.74) is 2.19. The monoisotopic (exact) mass is 368 g/mol.